The number of hydrogen-bond acceptors (Lipinski definition) is 4. The van der Waals surface area contributed by atoms with E-state index in [4.69, 9.17) is 10.5 Å². The van der Waals surface area contributed by atoms with E-state index in [-0.39, 0.29) is 12.4 Å². The summed E-state index contributed by atoms with van der Waals surface area (Å²) in [4.78, 5) is 22.4. The standard InChI is InChI=1S/C11H13NO3/c1-8(12)11(14)15-7-10(13)9-5-3-2-4-6-9/h2-6,8H,7,12H2,1H3/t8-/m0/s1. The SMILES string of the molecule is C[C@H](N)C(=O)OCC(=O)c1ccccc1. The van der Waals surface area contributed by atoms with Gasteiger partial charge in [-0.2, -0.15) is 0 Å². The van der Waals surface area contributed by atoms with Crippen LogP contribution in [0.25, 0.3) is 0 Å². The first-order valence-electron chi connectivity index (χ1n) is 4.61. The highest BCUT2D eigenvalue weighted by Gasteiger charge is 2.12. The lowest BCUT2D eigenvalue weighted by atomic mass is 10.1. The number of hydrogen-bond donors (Lipinski definition) is 1. The molecule has 4 nitrogen and oxygen atoms in total. The Bertz CT molecular complexity index is 346. The van der Waals surface area contributed by atoms with E-state index in [0.717, 1.165) is 0 Å². The zero-order chi connectivity index (χ0) is 11.3. The Morgan fingerprint density at radius 2 is 1.93 bits per heavy atom. The van der Waals surface area contributed by atoms with Gasteiger partial charge in [-0.15, -0.1) is 0 Å². The lowest BCUT2D eigenvalue weighted by Crippen LogP contribution is -2.30. The number of nitrogens with two attached hydrogens (primary N) is 1. The molecule has 0 aliphatic heterocycles. The van der Waals surface area contributed by atoms with Crippen molar-refractivity contribution in [1.29, 1.82) is 0 Å². The minimum absolute atomic E-state index is 0.232. The summed E-state index contributed by atoms with van der Waals surface area (Å²) in [5.74, 6) is -0.802. The minimum Gasteiger partial charge on any atom is -0.456 e. The Morgan fingerprint density at radius 3 is 2.47 bits per heavy atom. The van der Waals surface area contributed by atoms with E-state index >= 15 is 0 Å². The average Bonchev–Trinajstić information content (AvgIpc) is 2.26. The average molecular weight is 207 g/mol. The molecular weight excluding hydrogens is 194 g/mol. The van der Waals surface area contributed by atoms with Gasteiger partial charge in [0.2, 0.25) is 0 Å². The largest absolute Gasteiger partial charge is 0.456 e. The topological polar surface area (TPSA) is 69.4 Å². The minimum atomic E-state index is -0.700. The van der Waals surface area contributed by atoms with Gasteiger partial charge in [-0.25, -0.2) is 0 Å². The summed E-state index contributed by atoms with van der Waals surface area (Å²) in [7, 11) is 0. The second kappa shape index (κ2) is 5.26. The number of carbonyl (C=O) groups is 2. The van der Waals surface area contributed by atoms with Crippen LogP contribution in [0.5, 0.6) is 0 Å². The second-order valence-corrected chi connectivity index (χ2v) is 3.19. The third-order valence-electron chi connectivity index (χ3n) is 1.81. The Labute approximate surface area is 88.0 Å². The van der Waals surface area contributed by atoms with Gasteiger partial charge >= 0.3 is 5.97 Å². The van der Waals surface area contributed by atoms with Crippen LogP contribution in [-0.2, 0) is 9.53 Å². The van der Waals surface area contributed by atoms with Gasteiger partial charge in [0, 0.05) is 5.56 Å². The summed E-state index contributed by atoms with van der Waals surface area (Å²) in [5.41, 5.74) is 5.80. The maximum Gasteiger partial charge on any atom is 0.323 e. The molecule has 4 heteroatoms. The highest BCUT2D eigenvalue weighted by molar-refractivity contribution is 5.98. The van der Waals surface area contributed by atoms with Gasteiger partial charge in [0.1, 0.15) is 6.04 Å². The van der Waals surface area contributed by atoms with Gasteiger partial charge in [0.15, 0.2) is 12.4 Å². The molecule has 0 aromatic heterocycles. The first-order valence-corrected chi connectivity index (χ1v) is 4.61. The van der Waals surface area contributed by atoms with Crippen molar-refractivity contribution in [1.82, 2.24) is 0 Å². The van der Waals surface area contributed by atoms with Crippen molar-refractivity contribution in [2.24, 2.45) is 5.73 Å². The number of ketones is 1. The summed E-state index contributed by atoms with van der Waals surface area (Å²) in [5, 5.41) is 0. The van der Waals surface area contributed by atoms with Gasteiger partial charge in [-0.1, -0.05) is 30.3 Å². The Kier molecular flexibility index (Phi) is 4.00. The van der Waals surface area contributed by atoms with Gasteiger partial charge in [0.25, 0.3) is 0 Å². The Morgan fingerprint density at radius 1 is 1.33 bits per heavy atom. The summed E-state index contributed by atoms with van der Waals surface area (Å²) < 4.78 is 4.71. The zero-order valence-electron chi connectivity index (χ0n) is 8.47. The normalized spacial score (nSPS) is 11.9. The van der Waals surface area contributed by atoms with Crippen LogP contribution in [0.15, 0.2) is 30.3 Å². The van der Waals surface area contributed by atoms with Gasteiger partial charge in [-0.3, -0.25) is 9.59 Å². The summed E-state index contributed by atoms with van der Waals surface area (Å²) >= 11 is 0. The van der Waals surface area contributed by atoms with E-state index in [2.05, 4.69) is 0 Å². The van der Waals surface area contributed by atoms with E-state index < -0.39 is 12.0 Å². The number of Topliss-reactive ketones (excluding diaryl/α,β-unsaturated/α-hetero) is 1. The molecule has 0 heterocycles. The molecule has 0 spiro atoms. The monoisotopic (exact) mass is 207 g/mol. The molecule has 2 N–H and O–H groups in total. The summed E-state index contributed by atoms with van der Waals surface area (Å²) in [6, 6.07) is 7.95. The Hall–Kier alpha value is -1.68. The molecule has 0 fully saturated rings. The lowest BCUT2D eigenvalue weighted by molar-refractivity contribution is -0.143. The van der Waals surface area contributed by atoms with Gasteiger partial charge in [0.05, 0.1) is 0 Å². The first kappa shape index (κ1) is 11.4. The second-order valence-electron chi connectivity index (χ2n) is 3.19. The molecule has 0 saturated carbocycles. The van der Waals surface area contributed by atoms with Crippen LogP contribution in [0.4, 0.5) is 0 Å². The highest BCUT2D eigenvalue weighted by atomic mass is 16.5. The van der Waals surface area contributed by atoms with Crippen molar-refractivity contribution < 1.29 is 14.3 Å². The predicted octanol–water partition coefficient (Wildman–Crippen LogP) is 0.760. The molecule has 1 aromatic carbocycles. The molecule has 0 bridgehead atoms. The van der Waals surface area contributed by atoms with Crippen LogP contribution in [0.2, 0.25) is 0 Å². The fourth-order valence-corrected chi connectivity index (χ4v) is 0.976. The van der Waals surface area contributed by atoms with Crippen molar-refractivity contribution in [3.05, 3.63) is 35.9 Å². The number of carbonyl (C=O) groups excluding carboxylic acids is 2. The molecule has 1 aromatic rings. The first-order chi connectivity index (χ1) is 7.11. The van der Waals surface area contributed by atoms with Crippen molar-refractivity contribution in [2.75, 3.05) is 6.61 Å². The van der Waals surface area contributed by atoms with Gasteiger partial charge in [-0.05, 0) is 6.92 Å². The van der Waals surface area contributed by atoms with Crippen molar-refractivity contribution in [3.63, 3.8) is 0 Å². The smallest absolute Gasteiger partial charge is 0.323 e. The van der Waals surface area contributed by atoms with Crippen molar-refractivity contribution in [3.8, 4) is 0 Å². The molecule has 0 aliphatic carbocycles. The van der Waals surface area contributed by atoms with Crippen molar-refractivity contribution >= 4 is 11.8 Å². The maximum atomic E-state index is 11.5. The van der Waals surface area contributed by atoms with Gasteiger partial charge < -0.3 is 10.5 Å². The molecule has 0 amide bonds. The Balaban J connectivity index is 2.48. The lowest BCUT2D eigenvalue weighted by Gasteiger charge is -2.06. The van der Waals surface area contributed by atoms with Crippen LogP contribution in [-0.4, -0.2) is 24.4 Å². The van der Waals surface area contributed by atoms with E-state index in [1.807, 2.05) is 6.07 Å². The van der Waals surface area contributed by atoms with E-state index in [1.54, 1.807) is 24.3 Å². The van der Waals surface area contributed by atoms with E-state index in [9.17, 15) is 9.59 Å². The highest BCUT2D eigenvalue weighted by Crippen LogP contribution is 2.00. The van der Waals surface area contributed by atoms with Crippen LogP contribution in [0, 0.1) is 0 Å². The third kappa shape index (κ3) is 3.52. The number of benzene rings is 1. The number of esters is 1. The molecule has 80 valence electrons. The van der Waals surface area contributed by atoms with E-state index in [1.165, 1.54) is 6.92 Å². The fourth-order valence-electron chi connectivity index (χ4n) is 0.976. The number of ether oxygens (including phenoxy) is 1. The molecule has 0 radical (unpaired) electrons. The fraction of sp³-hybridized carbons (Fsp3) is 0.273. The zero-order valence-corrected chi connectivity index (χ0v) is 8.47. The van der Waals surface area contributed by atoms with Crippen LogP contribution in [0.3, 0.4) is 0 Å². The molecule has 0 saturated heterocycles. The predicted molar refractivity (Wildman–Crippen MR) is 55.4 cm³/mol. The van der Waals surface area contributed by atoms with E-state index in [0.29, 0.717) is 5.56 Å². The summed E-state index contributed by atoms with van der Waals surface area (Å²) in [6.07, 6.45) is 0. The molecule has 0 aliphatic rings. The molecule has 0 unspecified atom stereocenters. The quantitative estimate of drug-likeness (QED) is 0.584. The van der Waals surface area contributed by atoms with Crippen molar-refractivity contribution in [2.45, 2.75) is 13.0 Å². The maximum absolute atomic E-state index is 11.5. The van der Waals surface area contributed by atoms with Crippen LogP contribution >= 0.6 is 0 Å². The number of rotatable bonds is 4. The molecule has 1 atom stereocenters. The van der Waals surface area contributed by atoms with Crippen LogP contribution < -0.4 is 5.73 Å². The summed E-state index contributed by atoms with van der Waals surface area (Å²) in [6.45, 7) is 1.25. The third-order valence-corrected chi connectivity index (χ3v) is 1.81. The van der Waals surface area contributed by atoms with Crippen LogP contribution in [0.1, 0.15) is 17.3 Å². The molecular formula is C11H13NO3. The molecule has 1 rings (SSSR count). The molecule has 15 heavy (non-hydrogen) atoms.